The molecular formula is C12H12IN3O. The molecule has 0 unspecified atom stereocenters. The van der Waals surface area contributed by atoms with Gasteiger partial charge < -0.3 is 9.88 Å². The van der Waals surface area contributed by atoms with Gasteiger partial charge >= 0.3 is 0 Å². The summed E-state index contributed by atoms with van der Waals surface area (Å²) in [4.78, 5) is 20.2. The number of aryl methyl sites for hydroxylation is 1. The summed E-state index contributed by atoms with van der Waals surface area (Å²) in [6.07, 6.45) is 1.42. The van der Waals surface area contributed by atoms with Crippen molar-refractivity contribution in [3.8, 4) is 0 Å². The standard InChI is InChI=1S/C12H12IN3O/c1-8-3-5-9(6-4-8)16(2)11-10(13)12(17)15-7-14-11/h3-7H,1-2H3,(H,14,15,17). The normalized spacial score (nSPS) is 10.3. The van der Waals surface area contributed by atoms with Gasteiger partial charge in [-0.1, -0.05) is 17.7 Å². The largest absolute Gasteiger partial charge is 0.328 e. The van der Waals surface area contributed by atoms with Crippen LogP contribution in [0.2, 0.25) is 0 Å². The Morgan fingerprint density at radius 1 is 1.29 bits per heavy atom. The highest BCUT2D eigenvalue weighted by atomic mass is 127. The van der Waals surface area contributed by atoms with E-state index < -0.39 is 0 Å². The quantitative estimate of drug-likeness (QED) is 0.854. The molecule has 0 amide bonds. The number of H-pyrrole nitrogens is 1. The lowest BCUT2D eigenvalue weighted by atomic mass is 10.2. The van der Waals surface area contributed by atoms with Crippen molar-refractivity contribution < 1.29 is 0 Å². The Kier molecular flexibility index (Phi) is 3.46. The van der Waals surface area contributed by atoms with E-state index in [-0.39, 0.29) is 5.56 Å². The molecule has 0 spiro atoms. The lowest BCUT2D eigenvalue weighted by Crippen LogP contribution is -2.19. The van der Waals surface area contributed by atoms with Gasteiger partial charge in [-0.15, -0.1) is 0 Å². The maximum atomic E-state index is 11.5. The Labute approximate surface area is 113 Å². The first kappa shape index (κ1) is 12.1. The van der Waals surface area contributed by atoms with Gasteiger partial charge in [0.15, 0.2) is 5.82 Å². The van der Waals surface area contributed by atoms with Crippen LogP contribution in [-0.2, 0) is 0 Å². The second-order valence-corrected chi connectivity index (χ2v) is 4.84. The van der Waals surface area contributed by atoms with Gasteiger partial charge in [-0.25, -0.2) is 4.98 Å². The number of aromatic nitrogens is 2. The number of anilines is 2. The molecule has 0 aliphatic heterocycles. The molecule has 0 aliphatic rings. The molecule has 0 fully saturated rings. The van der Waals surface area contributed by atoms with Crippen LogP contribution in [0.5, 0.6) is 0 Å². The van der Waals surface area contributed by atoms with E-state index >= 15 is 0 Å². The van der Waals surface area contributed by atoms with Crippen LogP contribution in [0, 0.1) is 10.5 Å². The Morgan fingerprint density at radius 3 is 2.59 bits per heavy atom. The third-order valence-electron chi connectivity index (χ3n) is 2.52. The van der Waals surface area contributed by atoms with Gasteiger partial charge in [-0.2, -0.15) is 0 Å². The van der Waals surface area contributed by atoms with Crippen molar-refractivity contribution in [2.24, 2.45) is 0 Å². The minimum absolute atomic E-state index is 0.116. The molecule has 0 aliphatic carbocycles. The number of hydrogen-bond donors (Lipinski definition) is 1. The SMILES string of the molecule is Cc1ccc(N(C)c2nc[nH]c(=O)c2I)cc1. The van der Waals surface area contributed by atoms with Crippen LogP contribution in [0.15, 0.2) is 35.4 Å². The van der Waals surface area contributed by atoms with E-state index in [0.717, 1.165) is 5.69 Å². The summed E-state index contributed by atoms with van der Waals surface area (Å²) in [5, 5.41) is 0. The molecule has 1 N–H and O–H groups in total. The highest BCUT2D eigenvalue weighted by Gasteiger charge is 2.11. The van der Waals surface area contributed by atoms with Crippen molar-refractivity contribution >= 4 is 34.1 Å². The van der Waals surface area contributed by atoms with Crippen LogP contribution in [0.4, 0.5) is 11.5 Å². The smallest absolute Gasteiger partial charge is 0.266 e. The molecule has 17 heavy (non-hydrogen) atoms. The fraction of sp³-hybridized carbons (Fsp3) is 0.167. The maximum Gasteiger partial charge on any atom is 0.266 e. The van der Waals surface area contributed by atoms with Crippen molar-refractivity contribution in [3.05, 3.63) is 50.1 Å². The van der Waals surface area contributed by atoms with Crippen LogP contribution in [0.3, 0.4) is 0 Å². The van der Waals surface area contributed by atoms with Gasteiger partial charge in [-0.3, -0.25) is 4.79 Å². The first-order valence-corrected chi connectivity index (χ1v) is 6.21. The Morgan fingerprint density at radius 2 is 1.94 bits per heavy atom. The monoisotopic (exact) mass is 341 g/mol. The fourth-order valence-electron chi connectivity index (χ4n) is 1.50. The van der Waals surface area contributed by atoms with Gasteiger partial charge in [0, 0.05) is 12.7 Å². The van der Waals surface area contributed by atoms with E-state index in [2.05, 4.69) is 9.97 Å². The van der Waals surface area contributed by atoms with Gasteiger partial charge in [0.05, 0.1) is 6.33 Å². The molecule has 2 aromatic rings. The summed E-state index contributed by atoms with van der Waals surface area (Å²) in [5.41, 5.74) is 2.09. The first-order valence-electron chi connectivity index (χ1n) is 5.13. The number of hydrogen-bond acceptors (Lipinski definition) is 3. The number of nitrogens with zero attached hydrogens (tertiary/aromatic N) is 2. The first-order chi connectivity index (χ1) is 8.09. The molecule has 5 heteroatoms. The molecule has 4 nitrogen and oxygen atoms in total. The van der Waals surface area contributed by atoms with Crippen LogP contribution in [0.1, 0.15) is 5.56 Å². The predicted octanol–water partition coefficient (Wildman–Crippen LogP) is 2.45. The molecule has 88 valence electrons. The minimum atomic E-state index is -0.116. The second kappa shape index (κ2) is 4.87. The number of rotatable bonds is 2. The van der Waals surface area contributed by atoms with Crippen LogP contribution >= 0.6 is 22.6 Å². The minimum Gasteiger partial charge on any atom is -0.328 e. The average molecular weight is 341 g/mol. The second-order valence-electron chi connectivity index (χ2n) is 3.76. The summed E-state index contributed by atoms with van der Waals surface area (Å²) in [7, 11) is 1.90. The number of nitrogens with one attached hydrogen (secondary N) is 1. The van der Waals surface area contributed by atoms with Crippen molar-refractivity contribution in [2.75, 3.05) is 11.9 Å². The van der Waals surface area contributed by atoms with E-state index in [9.17, 15) is 4.79 Å². The topological polar surface area (TPSA) is 49.0 Å². The fourth-order valence-corrected chi connectivity index (χ4v) is 2.15. The number of benzene rings is 1. The van der Waals surface area contributed by atoms with Gasteiger partial charge in [0.2, 0.25) is 0 Å². The maximum absolute atomic E-state index is 11.5. The summed E-state index contributed by atoms with van der Waals surface area (Å²) < 4.78 is 0.591. The van der Waals surface area contributed by atoms with Crippen LogP contribution in [-0.4, -0.2) is 17.0 Å². The molecule has 0 atom stereocenters. The predicted molar refractivity (Wildman–Crippen MR) is 76.8 cm³/mol. The zero-order valence-electron chi connectivity index (χ0n) is 9.57. The zero-order valence-corrected chi connectivity index (χ0v) is 11.7. The molecule has 1 heterocycles. The molecule has 1 aromatic heterocycles. The Hall–Kier alpha value is -1.37. The molecule has 0 bridgehead atoms. The van der Waals surface area contributed by atoms with E-state index in [1.165, 1.54) is 11.9 Å². The third kappa shape index (κ3) is 2.49. The van der Waals surface area contributed by atoms with Crippen molar-refractivity contribution in [1.82, 2.24) is 9.97 Å². The molecule has 1 aromatic carbocycles. The molecule has 0 radical (unpaired) electrons. The van der Waals surface area contributed by atoms with Gasteiger partial charge in [0.25, 0.3) is 5.56 Å². The van der Waals surface area contributed by atoms with E-state index in [1.54, 1.807) is 0 Å². The van der Waals surface area contributed by atoms with Crippen molar-refractivity contribution in [3.63, 3.8) is 0 Å². The number of aromatic amines is 1. The lowest BCUT2D eigenvalue weighted by Gasteiger charge is -2.19. The Bertz CT molecular complexity index is 577. The highest BCUT2D eigenvalue weighted by Crippen LogP contribution is 2.23. The van der Waals surface area contributed by atoms with E-state index in [0.29, 0.717) is 9.39 Å². The van der Waals surface area contributed by atoms with Crippen LogP contribution in [0.25, 0.3) is 0 Å². The Balaban J connectivity index is 2.43. The summed E-state index contributed by atoms with van der Waals surface area (Å²) in [6, 6.07) is 8.08. The molecule has 0 saturated heterocycles. The lowest BCUT2D eigenvalue weighted by molar-refractivity contribution is 1.04. The summed E-state index contributed by atoms with van der Waals surface area (Å²) >= 11 is 2.01. The van der Waals surface area contributed by atoms with Crippen LogP contribution < -0.4 is 10.5 Å². The van der Waals surface area contributed by atoms with E-state index in [1.807, 2.05) is 65.7 Å². The zero-order chi connectivity index (χ0) is 12.4. The summed E-state index contributed by atoms with van der Waals surface area (Å²) in [5.74, 6) is 0.665. The van der Waals surface area contributed by atoms with E-state index in [4.69, 9.17) is 0 Å². The van der Waals surface area contributed by atoms with Gasteiger partial charge in [-0.05, 0) is 41.6 Å². The van der Waals surface area contributed by atoms with Crippen molar-refractivity contribution in [2.45, 2.75) is 6.92 Å². The third-order valence-corrected chi connectivity index (χ3v) is 3.49. The summed E-state index contributed by atoms with van der Waals surface area (Å²) in [6.45, 7) is 2.04. The average Bonchev–Trinajstić information content (AvgIpc) is 2.33. The highest BCUT2D eigenvalue weighted by molar-refractivity contribution is 14.1. The van der Waals surface area contributed by atoms with Gasteiger partial charge in [0.1, 0.15) is 3.57 Å². The molecule has 2 rings (SSSR count). The molecular weight excluding hydrogens is 329 g/mol. The molecule has 0 saturated carbocycles. The number of halogens is 1. The van der Waals surface area contributed by atoms with Crippen molar-refractivity contribution in [1.29, 1.82) is 0 Å².